The third-order valence-electron chi connectivity index (χ3n) is 3.74. The lowest BCUT2D eigenvalue weighted by Crippen LogP contribution is -2.34. The molecule has 1 aromatic carbocycles. The van der Waals surface area contributed by atoms with E-state index in [2.05, 4.69) is 17.1 Å². The van der Waals surface area contributed by atoms with Gasteiger partial charge in [0.1, 0.15) is 5.82 Å². The number of anilines is 2. The monoisotopic (exact) mass is 279 g/mol. The van der Waals surface area contributed by atoms with E-state index < -0.39 is 5.82 Å². The number of benzene rings is 1. The normalized spacial score (nSPS) is 20.4. The summed E-state index contributed by atoms with van der Waals surface area (Å²) in [6.07, 6.45) is 3.43. The van der Waals surface area contributed by atoms with Crippen LogP contribution in [0.4, 0.5) is 15.8 Å². The van der Waals surface area contributed by atoms with Gasteiger partial charge in [-0.1, -0.05) is 6.92 Å². The Kier molecular flexibility index (Phi) is 4.95. The van der Waals surface area contributed by atoms with Gasteiger partial charge < -0.3 is 11.1 Å². The molecule has 1 saturated heterocycles. The molecule has 1 aromatic rings. The first-order valence-corrected chi connectivity index (χ1v) is 7.12. The minimum Gasteiger partial charge on any atom is -0.399 e. The third-order valence-corrected chi connectivity index (χ3v) is 3.74. The molecule has 2 rings (SSSR count). The van der Waals surface area contributed by atoms with Crippen molar-refractivity contribution in [2.45, 2.75) is 26.2 Å². The largest absolute Gasteiger partial charge is 0.399 e. The van der Waals surface area contributed by atoms with Crippen LogP contribution in [0, 0.1) is 11.7 Å². The van der Waals surface area contributed by atoms with Crippen molar-refractivity contribution in [3.05, 3.63) is 24.0 Å². The highest BCUT2D eigenvalue weighted by molar-refractivity contribution is 5.92. The number of nitrogens with one attached hydrogen (secondary N) is 1. The molecule has 1 fully saturated rings. The number of carbonyl (C=O) groups is 1. The van der Waals surface area contributed by atoms with Crippen molar-refractivity contribution in [3.8, 4) is 0 Å². The standard InChI is InChI=1S/C15H22FN3O/c1-11-3-2-7-19(8-6-11)10-15(20)18-14-9-12(17)4-5-13(14)16/h4-5,9,11H,2-3,6-8,10,17H2,1H3,(H,18,20). The highest BCUT2D eigenvalue weighted by Crippen LogP contribution is 2.18. The Morgan fingerprint density at radius 3 is 3.05 bits per heavy atom. The lowest BCUT2D eigenvalue weighted by Gasteiger charge is -2.19. The van der Waals surface area contributed by atoms with Gasteiger partial charge in [-0.05, 0) is 56.5 Å². The highest BCUT2D eigenvalue weighted by Gasteiger charge is 2.17. The molecule has 0 aliphatic carbocycles. The number of nitrogens with zero attached hydrogens (tertiary/aromatic N) is 1. The Hall–Kier alpha value is -1.62. The van der Waals surface area contributed by atoms with E-state index in [-0.39, 0.29) is 11.6 Å². The van der Waals surface area contributed by atoms with Crippen LogP contribution in [0.3, 0.4) is 0 Å². The van der Waals surface area contributed by atoms with E-state index >= 15 is 0 Å². The van der Waals surface area contributed by atoms with Gasteiger partial charge in [-0.3, -0.25) is 9.69 Å². The number of hydrogen-bond donors (Lipinski definition) is 2. The summed E-state index contributed by atoms with van der Waals surface area (Å²) >= 11 is 0. The lowest BCUT2D eigenvalue weighted by molar-refractivity contribution is -0.117. The van der Waals surface area contributed by atoms with E-state index in [9.17, 15) is 9.18 Å². The summed E-state index contributed by atoms with van der Waals surface area (Å²) in [5.74, 6) is 0.0653. The van der Waals surface area contributed by atoms with Crippen LogP contribution in [0.15, 0.2) is 18.2 Å². The van der Waals surface area contributed by atoms with Crippen LogP contribution >= 0.6 is 0 Å². The van der Waals surface area contributed by atoms with E-state index in [0.29, 0.717) is 12.2 Å². The molecular formula is C15H22FN3O. The number of hydrogen-bond acceptors (Lipinski definition) is 3. The van der Waals surface area contributed by atoms with E-state index in [0.717, 1.165) is 31.8 Å². The zero-order valence-corrected chi connectivity index (χ0v) is 11.9. The number of amides is 1. The van der Waals surface area contributed by atoms with Gasteiger partial charge in [0.2, 0.25) is 5.91 Å². The maximum absolute atomic E-state index is 13.5. The maximum atomic E-state index is 13.5. The Labute approximate surface area is 119 Å². The number of nitrogens with two attached hydrogens (primary N) is 1. The summed E-state index contributed by atoms with van der Waals surface area (Å²) in [5, 5.41) is 2.59. The molecule has 0 spiro atoms. The van der Waals surface area contributed by atoms with Crippen molar-refractivity contribution in [1.82, 2.24) is 4.90 Å². The van der Waals surface area contributed by atoms with Gasteiger partial charge in [0.05, 0.1) is 12.2 Å². The first kappa shape index (κ1) is 14.8. The second kappa shape index (κ2) is 6.70. The van der Waals surface area contributed by atoms with Crippen LogP contribution in [-0.4, -0.2) is 30.4 Å². The molecule has 0 radical (unpaired) electrons. The van der Waals surface area contributed by atoms with Crippen LogP contribution < -0.4 is 11.1 Å². The lowest BCUT2D eigenvalue weighted by atomic mass is 10.0. The van der Waals surface area contributed by atoms with Gasteiger partial charge in [-0.15, -0.1) is 0 Å². The predicted octanol–water partition coefficient (Wildman–Crippen LogP) is 2.47. The van der Waals surface area contributed by atoms with Gasteiger partial charge in [0, 0.05) is 5.69 Å². The molecule has 0 bridgehead atoms. The first-order valence-electron chi connectivity index (χ1n) is 7.12. The summed E-state index contributed by atoms with van der Waals surface area (Å²) in [7, 11) is 0. The maximum Gasteiger partial charge on any atom is 0.238 e. The van der Waals surface area contributed by atoms with Gasteiger partial charge in [-0.2, -0.15) is 0 Å². The number of nitrogen functional groups attached to an aromatic ring is 1. The minimum absolute atomic E-state index is 0.151. The molecular weight excluding hydrogens is 257 g/mol. The first-order chi connectivity index (χ1) is 9.54. The molecule has 1 amide bonds. The van der Waals surface area contributed by atoms with E-state index in [1.807, 2.05) is 0 Å². The summed E-state index contributed by atoms with van der Waals surface area (Å²) in [6, 6.07) is 4.18. The fourth-order valence-corrected chi connectivity index (χ4v) is 2.51. The van der Waals surface area contributed by atoms with Crippen LogP contribution in [-0.2, 0) is 4.79 Å². The molecule has 20 heavy (non-hydrogen) atoms. The molecule has 0 saturated carbocycles. The Bertz CT molecular complexity index is 478. The van der Waals surface area contributed by atoms with E-state index in [1.54, 1.807) is 0 Å². The van der Waals surface area contributed by atoms with Gasteiger partial charge in [0.25, 0.3) is 0 Å². The SMILES string of the molecule is CC1CCCN(CC(=O)Nc2cc(N)ccc2F)CC1. The average molecular weight is 279 g/mol. The van der Waals surface area contributed by atoms with Gasteiger partial charge in [-0.25, -0.2) is 4.39 Å². The second-order valence-electron chi connectivity index (χ2n) is 5.60. The quantitative estimate of drug-likeness (QED) is 0.836. The fraction of sp³-hybridized carbons (Fsp3) is 0.533. The summed E-state index contributed by atoms with van der Waals surface area (Å²) < 4.78 is 13.5. The van der Waals surface area contributed by atoms with Crippen LogP contribution in [0.25, 0.3) is 0 Å². The second-order valence-corrected chi connectivity index (χ2v) is 5.60. The molecule has 3 N–H and O–H groups in total. The molecule has 5 heteroatoms. The zero-order valence-electron chi connectivity index (χ0n) is 11.9. The Morgan fingerprint density at radius 1 is 1.45 bits per heavy atom. The van der Waals surface area contributed by atoms with Crippen LogP contribution in [0.1, 0.15) is 26.2 Å². The minimum atomic E-state index is -0.461. The van der Waals surface area contributed by atoms with E-state index in [1.165, 1.54) is 24.6 Å². The fourth-order valence-electron chi connectivity index (χ4n) is 2.51. The summed E-state index contributed by atoms with van der Waals surface area (Å²) in [5.41, 5.74) is 6.18. The van der Waals surface area contributed by atoms with Crippen molar-refractivity contribution in [1.29, 1.82) is 0 Å². The molecule has 4 nitrogen and oxygen atoms in total. The molecule has 110 valence electrons. The Balaban J connectivity index is 1.90. The van der Waals surface area contributed by atoms with Crippen LogP contribution in [0.5, 0.6) is 0 Å². The summed E-state index contributed by atoms with van der Waals surface area (Å²) in [6.45, 7) is 4.40. The van der Waals surface area contributed by atoms with Crippen molar-refractivity contribution in [3.63, 3.8) is 0 Å². The summed E-state index contributed by atoms with van der Waals surface area (Å²) in [4.78, 5) is 14.1. The highest BCUT2D eigenvalue weighted by atomic mass is 19.1. The van der Waals surface area contributed by atoms with Crippen molar-refractivity contribution < 1.29 is 9.18 Å². The molecule has 1 aliphatic rings. The van der Waals surface area contributed by atoms with Crippen molar-refractivity contribution in [2.75, 3.05) is 30.7 Å². The molecule has 1 atom stereocenters. The van der Waals surface area contributed by atoms with Gasteiger partial charge in [0.15, 0.2) is 0 Å². The molecule has 1 heterocycles. The molecule has 1 unspecified atom stereocenters. The van der Waals surface area contributed by atoms with Gasteiger partial charge >= 0.3 is 0 Å². The number of rotatable bonds is 3. The predicted molar refractivity (Wildman–Crippen MR) is 78.9 cm³/mol. The zero-order chi connectivity index (χ0) is 14.5. The average Bonchev–Trinajstić information content (AvgIpc) is 2.59. The van der Waals surface area contributed by atoms with Crippen molar-refractivity contribution >= 4 is 17.3 Å². The molecule has 0 aromatic heterocycles. The number of carbonyl (C=O) groups excluding carboxylic acids is 1. The third kappa shape index (κ3) is 4.20. The van der Waals surface area contributed by atoms with E-state index in [4.69, 9.17) is 5.73 Å². The van der Waals surface area contributed by atoms with Crippen molar-refractivity contribution in [2.24, 2.45) is 5.92 Å². The Morgan fingerprint density at radius 2 is 2.25 bits per heavy atom. The number of likely N-dealkylation sites (tertiary alicyclic amines) is 1. The smallest absolute Gasteiger partial charge is 0.238 e. The number of halogens is 1. The van der Waals surface area contributed by atoms with Crippen LogP contribution in [0.2, 0.25) is 0 Å². The topological polar surface area (TPSA) is 58.4 Å². The molecule has 1 aliphatic heterocycles.